The standard InChI is InChI=1S/C17H22N4O3/c1-11(2)5-15(17(23)24-4)20-16(22)13-6-12(7-18-8-13)14-9-19-21(3)10-14/h6-11,15H,5H2,1-4H3,(H,20,22)/t15-/m1/s1. The van der Waals surface area contributed by atoms with E-state index in [9.17, 15) is 9.59 Å². The molecule has 1 N–H and O–H groups in total. The van der Waals surface area contributed by atoms with E-state index in [1.165, 1.54) is 13.3 Å². The highest BCUT2D eigenvalue weighted by molar-refractivity contribution is 5.97. The molecule has 0 saturated carbocycles. The summed E-state index contributed by atoms with van der Waals surface area (Å²) in [6.07, 6.45) is 7.19. The van der Waals surface area contributed by atoms with E-state index in [1.54, 1.807) is 23.1 Å². The van der Waals surface area contributed by atoms with E-state index in [1.807, 2.05) is 27.1 Å². The van der Waals surface area contributed by atoms with Gasteiger partial charge < -0.3 is 10.1 Å². The van der Waals surface area contributed by atoms with E-state index < -0.39 is 12.0 Å². The fourth-order valence-electron chi connectivity index (χ4n) is 2.36. The molecule has 24 heavy (non-hydrogen) atoms. The van der Waals surface area contributed by atoms with Gasteiger partial charge in [0.25, 0.3) is 5.91 Å². The third kappa shape index (κ3) is 4.41. The number of ether oxygens (including phenoxy) is 1. The molecule has 2 aromatic heterocycles. The SMILES string of the molecule is COC(=O)[C@@H](CC(C)C)NC(=O)c1cncc(-c2cnn(C)c2)c1. The molecule has 0 spiro atoms. The summed E-state index contributed by atoms with van der Waals surface area (Å²) in [5.74, 6) is -0.563. The summed E-state index contributed by atoms with van der Waals surface area (Å²) < 4.78 is 6.44. The molecule has 0 aliphatic rings. The van der Waals surface area contributed by atoms with Gasteiger partial charge in [-0.1, -0.05) is 13.8 Å². The predicted octanol–water partition coefficient (Wildman–Crippen LogP) is 1.80. The van der Waals surface area contributed by atoms with E-state index in [0.717, 1.165) is 11.1 Å². The van der Waals surface area contributed by atoms with Crippen LogP contribution in [-0.4, -0.2) is 39.8 Å². The number of carbonyl (C=O) groups excluding carboxylic acids is 2. The zero-order chi connectivity index (χ0) is 17.7. The van der Waals surface area contributed by atoms with Crippen molar-refractivity contribution in [3.8, 4) is 11.1 Å². The fraction of sp³-hybridized carbons (Fsp3) is 0.412. The number of rotatable bonds is 6. The normalized spacial score (nSPS) is 12.0. The minimum absolute atomic E-state index is 0.245. The quantitative estimate of drug-likeness (QED) is 0.816. The van der Waals surface area contributed by atoms with Gasteiger partial charge in [-0.25, -0.2) is 4.79 Å². The first-order chi connectivity index (χ1) is 11.4. The number of methoxy groups -OCH3 is 1. The summed E-state index contributed by atoms with van der Waals surface area (Å²) in [6, 6.07) is 1.05. The highest BCUT2D eigenvalue weighted by Crippen LogP contribution is 2.18. The molecule has 2 aromatic rings. The Morgan fingerprint density at radius 2 is 2.00 bits per heavy atom. The zero-order valence-electron chi connectivity index (χ0n) is 14.3. The lowest BCUT2D eigenvalue weighted by Crippen LogP contribution is -2.42. The summed E-state index contributed by atoms with van der Waals surface area (Å²) in [7, 11) is 3.13. The fourth-order valence-corrected chi connectivity index (χ4v) is 2.36. The molecule has 0 bridgehead atoms. The smallest absolute Gasteiger partial charge is 0.328 e. The Kier molecular flexibility index (Phi) is 5.68. The van der Waals surface area contributed by atoms with E-state index in [-0.39, 0.29) is 11.8 Å². The maximum Gasteiger partial charge on any atom is 0.328 e. The molecule has 0 aliphatic carbocycles. The Labute approximate surface area is 141 Å². The first kappa shape index (κ1) is 17.7. The summed E-state index contributed by atoms with van der Waals surface area (Å²) in [6.45, 7) is 3.96. The van der Waals surface area contributed by atoms with Crippen LogP contribution in [0.3, 0.4) is 0 Å². The second-order valence-electron chi connectivity index (χ2n) is 6.04. The highest BCUT2D eigenvalue weighted by atomic mass is 16.5. The molecule has 7 heteroatoms. The molecule has 1 atom stereocenters. The molecule has 2 heterocycles. The zero-order valence-corrected chi connectivity index (χ0v) is 14.3. The monoisotopic (exact) mass is 330 g/mol. The summed E-state index contributed by atoms with van der Waals surface area (Å²) in [4.78, 5) is 28.4. The Bertz CT molecular complexity index is 724. The number of aryl methyl sites for hydroxylation is 1. The minimum Gasteiger partial charge on any atom is -0.467 e. The van der Waals surface area contributed by atoms with Crippen LogP contribution in [0.15, 0.2) is 30.9 Å². The van der Waals surface area contributed by atoms with Gasteiger partial charge in [0.2, 0.25) is 0 Å². The van der Waals surface area contributed by atoms with Crippen LogP contribution < -0.4 is 5.32 Å². The maximum absolute atomic E-state index is 12.5. The van der Waals surface area contributed by atoms with Crippen molar-refractivity contribution < 1.29 is 14.3 Å². The molecule has 0 aromatic carbocycles. The van der Waals surface area contributed by atoms with Crippen molar-refractivity contribution in [1.29, 1.82) is 0 Å². The molecule has 0 fully saturated rings. The van der Waals surface area contributed by atoms with Crippen LogP contribution in [0.4, 0.5) is 0 Å². The average Bonchev–Trinajstić information content (AvgIpc) is 2.99. The summed E-state index contributed by atoms with van der Waals surface area (Å²) >= 11 is 0. The van der Waals surface area contributed by atoms with Crippen molar-refractivity contribution in [2.24, 2.45) is 13.0 Å². The topological polar surface area (TPSA) is 86.1 Å². The van der Waals surface area contributed by atoms with Crippen molar-refractivity contribution >= 4 is 11.9 Å². The van der Waals surface area contributed by atoms with Gasteiger partial charge in [-0.05, 0) is 18.4 Å². The molecular weight excluding hydrogens is 308 g/mol. The molecule has 0 aliphatic heterocycles. The number of nitrogens with zero attached hydrogens (tertiary/aromatic N) is 3. The number of pyridine rings is 1. The number of nitrogens with one attached hydrogen (secondary N) is 1. The van der Waals surface area contributed by atoms with E-state index >= 15 is 0 Å². The van der Waals surface area contributed by atoms with Crippen LogP contribution >= 0.6 is 0 Å². The molecular formula is C17H22N4O3. The molecule has 7 nitrogen and oxygen atoms in total. The Morgan fingerprint density at radius 3 is 2.58 bits per heavy atom. The first-order valence-corrected chi connectivity index (χ1v) is 7.73. The number of esters is 1. The minimum atomic E-state index is -0.676. The number of carbonyl (C=O) groups is 2. The summed E-state index contributed by atoms with van der Waals surface area (Å²) in [5, 5.41) is 6.83. The molecule has 0 radical (unpaired) electrons. The van der Waals surface area contributed by atoms with Crippen LogP contribution in [0.1, 0.15) is 30.6 Å². The van der Waals surface area contributed by atoms with Crippen molar-refractivity contribution in [3.05, 3.63) is 36.4 Å². The Morgan fingerprint density at radius 1 is 1.25 bits per heavy atom. The van der Waals surface area contributed by atoms with Gasteiger partial charge in [-0.15, -0.1) is 0 Å². The molecule has 1 amide bonds. The number of aromatic nitrogens is 3. The van der Waals surface area contributed by atoms with Crippen molar-refractivity contribution in [1.82, 2.24) is 20.1 Å². The van der Waals surface area contributed by atoms with Gasteiger partial charge in [0.1, 0.15) is 6.04 Å². The Balaban J connectivity index is 2.18. The molecule has 128 valence electrons. The van der Waals surface area contributed by atoms with Crippen molar-refractivity contribution in [2.75, 3.05) is 7.11 Å². The number of amides is 1. The van der Waals surface area contributed by atoms with Crippen LogP contribution in [0.2, 0.25) is 0 Å². The third-order valence-electron chi connectivity index (χ3n) is 3.54. The second-order valence-corrected chi connectivity index (χ2v) is 6.04. The van der Waals surface area contributed by atoms with Gasteiger partial charge >= 0.3 is 5.97 Å². The average molecular weight is 330 g/mol. The van der Waals surface area contributed by atoms with Crippen LogP contribution in [0, 0.1) is 5.92 Å². The van der Waals surface area contributed by atoms with E-state index in [0.29, 0.717) is 12.0 Å². The van der Waals surface area contributed by atoms with Gasteiger partial charge in [0, 0.05) is 36.8 Å². The van der Waals surface area contributed by atoms with Gasteiger partial charge in [0.15, 0.2) is 0 Å². The highest BCUT2D eigenvalue weighted by Gasteiger charge is 2.23. The molecule has 0 saturated heterocycles. The van der Waals surface area contributed by atoms with Gasteiger partial charge in [-0.3, -0.25) is 14.5 Å². The summed E-state index contributed by atoms with van der Waals surface area (Å²) in [5.41, 5.74) is 2.04. The Hall–Kier alpha value is -2.70. The lowest BCUT2D eigenvalue weighted by molar-refractivity contribution is -0.143. The van der Waals surface area contributed by atoms with E-state index in [2.05, 4.69) is 15.4 Å². The number of hydrogen-bond donors (Lipinski definition) is 1. The van der Waals surface area contributed by atoms with E-state index in [4.69, 9.17) is 4.74 Å². The van der Waals surface area contributed by atoms with Gasteiger partial charge in [0.05, 0.1) is 18.9 Å². The number of hydrogen-bond acceptors (Lipinski definition) is 5. The van der Waals surface area contributed by atoms with Gasteiger partial charge in [-0.2, -0.15) is 5.10 Å². The largest absolute Gasteiger partial charge is 0.467 e. The molecule has 0 unspecified atom stereocenters. The maximum atomic E-state index is 12.5. The van der Waals surface area contributed by atoms with Crippen molar-refractivity contribution in [3.63, 3.8) is 0 Å². The van der Waals surface area contributed by atoms with Crippen LogP contribution in [0.5, 0.6) is 0 Å². The predicted molar refractivity (Wildman–Crippen MR) is 89.2 cm³/mol. The second kappa shape index (κ2) is 7.72. The molecule has 2 rings (SSSR count). The lowest BCUT2D eigenvalue weighted by atomic mass is 10.0. The lowest BCUT2D eigenvalue weighted by Gasteiger charge is -2.18. The first-order valence-electron chi connectivity index (χ1n) is 7.73. The van der Waals surface area contributed by atoms with Crippen LogP contribution in [-0.2, 0) is 16.6 Å². The third-order valence-corrected chi connectivity index (χ3v) is 3.54. The van der Waals surface area contributed by atoms with Crippen LogP contribution in [0.25, 0.3) is 11.1 Å². The van der Waals surface area contributed by atoms with Crippen molar-refractivity contribution in [2.45, 2.75) is 26.3 Å².